The SMILES string of the molecule is FC(F)(F)c1csc(CCNc2nc3ccccc3nc2N2CCOCC2)n1. The number of fused-ring (bicyclic) bond motifs is 1. The summed E-state index contributed by atoms with van der Waals surface area (Å²) in [5, 5.41) is 4.71. The average Bonchev–Trinajstić information content (AvgIpc) is 3.18. The van der Waals surface area contributed by atoms with Crippen molar-refractivity contribution in [3.05, 3.63) is 40.3 Å². The molecule has 0 saturated carbocycles. The molecular weight excluding hydrogens is 391 g/mol. The van der Waals surface area contributed by atoms with E-state index in [1.807, 2.05) is 24.3 Å². The highest BCUT2D eigenvalue weighted by molar-refractivity contribution is 7.09. The number of hydrogen-bond donors (Lipinski definition) is 1. The number of para-hydroxylation sites is 2. The van der Waals surface area contributed by atoms with E-state index in [0.29, 0.717) is 50.1 Å². The summed E-state index contributed by atoms with van der Waals surface area (Å²) in [5.74, 6) is 1.35. The topological polar surface area (TPSA) is 63.2 Å². The van der Waals surface area contributed by atoms with Gasteiger partial charge in [0.05, 0.1) is 29.3 Å². The van der Waals surface area contributed by atoms with Crippen LogP contribution >= 0.6 is 11.3 Å². The molecule has 3 heterocycles. The number of nitrogens with one attached hydrogen (secondary N) is 1. The van der Waals surface area contributed by atoms with Crippen LogP contribution in [0.2, 0.25) is 0 Å². The maximum Gasteiger partial charge on any atom is 0.434 e. The molecule has 1 aromatic carbocycles. The van der Waals surface area contributed by atoms with Gasteiger partial charge in [-0.3, -0.25) is 0 Å². The summed E-state index contributed by atoms with van der Waals surface area (Å²) in [5.41, 5.74) is 0.715. The maximum atomic E-state index is 12.7. The molecular formula is C18H18F3N5OS. The monoisotopic (exact) mass is 409 g/mol. The summed E-state index contributed by atoms with van der Waals surface area (Å²) in [6, 6.07) is 7.59. The van der Waals surface area contributed by atoms with Gasteiger partial charge in [0, 0.05) is 31.4 Å². The fourth-order valence-electron chi connectivity index (χ4n) is 2.95. The maximum absolute atomic E-state index is 12.7. The van der Waals surface area contributed by atoms with Gasteiger partial charge in [0.25, 0.3) is 0 Å². The number of anilines is 2. The minimum Gasteiger partial charge on any atom is -0.378 e. The summed E-state index contributed by atoms with van der Waals surface area (Å²) < 4.78 is 43.5. The zero-order chi connectivity index (χ0) is 19.6. The predicted molar refractivity (Wildman–Crippen MR) is 102 cm³/mol. The number of alkyl halides is 3. The lowest BCUT2D eigenvalue weighted by Gasteiger charge is -2.29. The number of benzene rings is 1. The highest BCUT2D eigenvalue weighted by Gasteiger charge is 2.33. The van der Waals surface area contributed by atoms with Crippen LogP contribution in [0.15, 0.2) is 29.6 Å². The van der Waals surface area contributed by atoms with Crippen molar-refractivity contribution in [1.29, 1.82) is 0 Å². The average molecular weight is 409 g/mol. The van der Waals surface area contributed by atoms with Crippen molar-refractivity contribution in [1.82, 2.24) is 15.0 Å². The molecule has 1 N–H and O–H groups in total. The number of rotatable bonds is 5. The standard InChI is InChI=1S/C18H18F3N5OS/c19-18(20,21)14-11-28-15(25-14)5-6-22-16-17(26-7-9-27-10-8-26)24-13-4-2-1-3-12(13)23-16/h1-4,11H,5-10H2,(H,22,23). The van der Waals surface area contributed by atoms with Crippen LogP contribution in [0.4, 0.5) is 24.8 Å². The normalized spacial score (nSPS) is 15.2. The Labute approximate surface area is 163 Å². The second kappa shape index (κ2) is 7.88. The van der Waals surface area contributed by atoms with Gasteiger partial charge < -0.3 is 15.0 Å². The van der Waals surface area contributed by atoms with Crippen LogP contribution in [-0.2, 0) is 17.3 Å². The lowest BCUT2D eigenvalue weighted by atomic mass is 10.3. The first-order valence-electron chi connectivity index (χ1n) is 8.85. The number of hydrogen-bond acceptors (Lipinski definition) is 7. The van der Waals surface area contributed by atoms with E-state index in [4.69, 9.17) is 9.72 Å². The van der Waals surface area contributed by atoms with Gasteiger partial charge in [-0.1, -0.05) is 12.1 Å². The zero-order valence-electron chi connectivity index (χ0n) is 14.9. The number of thiazole rings is 1. The van der Waals surface area contributed by atoms with Gasteiger partial charge in [-0.25, -0.2) is 15.0 Å². The largest absolute Gasteiger partial charge is 0.434 e. The van der Waals surface area contributed by atoms with E-state index in [1.54, 1.807) is 0 Å². The van der Waals surface area contributed by atoms with Crippen molar-refractivity contribution >= 4 is 34.0 Å². The Hall–Kier alpha value is -2.46. The van der Waals surface area contributed by atoms with Gasteiger partial charge in [-0.2, -0.15) is 13.2 Å². The Bertz CT molecular complexity index is 956. The van der Waals surface area contributed by atoms with E-state index in [-0.39, 0.29) is 0 Å². The highest BCUT2D eigenvalue weighted by Crippen LogP contribution is 2.30. The van der Waals surface area contributed by atoms with Crippen molar-refractivity contribution in [2.75, 3.05) is 43.1 Å². The van der Waals surface area contributed by atoms with Crippen molar-refractivity contribution in [3.8, 4) is 0 Å². The highest BCUT2D eigenvalue weighted by atomic mass is 32.1. The molecule has 0 amide bonds. The molecule has 1 aliphatic rings. The predicted octanol–water partition coefficient (Wildman–Crippen LogP) is 3.60. The van der Waals surface area contributed by atoms with Crippen LogP contribution in [0.3, 0.4) is 0 Å². The molecule has 2 aromatic heterocycles. The van der Waals surface area contributed by atoms with Gasteiger partial charge in [0.2, 0.25) is 0 Å². The third kappa shape index (κ3) is 4.17. The van der Waals surface area contributed by atoms with Crippen molar-refractivity contribution in [2.24, 2.45) is 0 Å². The number of morpholine rings is 1. The molecule has 1 fully saturated rings. The van der Waals surface area contributed by atoms with E-state index in [0.717, 1.165) is 33.6 Å². The van der Waals surface area contributed by atoms with Gasteiger partial charge >= 0.3 is 6.18 Å². The van der Waals surface area contributed by atoms with Gasteiger partial charge in [0.15, 0.2) is 17.3 Å². The molecule has 0 unspecified atom stereocenters. The first-order chi connectivity index (χ1) is 13.5. The summed E-state index contributed by atoms with van der Waals surface area (Å²) in [4.78, 5) is 15.2. The molecule has 0 aliphatic carbocycles. The summed E-state index contributed by atoms with van der Waals surface area (Å²) in [6.45, 7) is 3.07. The molecule has 6 nitrogen and oxygen atoms in total. The third-order valence-corrected chi connectivity index (χ3v) is 5.24. The lowest BCUT2D eigenvalue weighted by Crippen LogP contribution is -2.37. The van der Waals surface area contributed by atoms with Crippen LogP contribution in [0.25, 0.3) is 11.0 Å². The molecule has 0 bridgehead atoms. The quantitative estimate of drug-likeness (QED) is 0.695. The van der Waals surface area contributed by atoms with Gasteiger partial charge in [0.1, 0.15) is 0 Å². The second-order valence-electron chi connectivity index (χ2n) is 6.28. The van der Waals surface area contributed by atoms with Crippen molar-refractivity contribution in [2.45, 2.75) is 12.6 Å². The van der Waals surface area contributed by atoms with Crippen LogP contribution in [0.5, 0.6) is 0 Å². The van der Waals surface area contributed by atoms with E-state index in [2.05, 4.69) is 20.2 Å². The minimum absolute atomic E-state index is 0.373. The Morgan fingerprint density at radius 3 is 2.46 bits per heavy atom. The zero-order valence-corrected chi connectivity index (χ0v) is 15.7. The van der Waals surface area contributed by atoms with E-state index < -0.39 is 11.9 Å². The molecule has 28 heavy (non-hydrogen) atoms. The van der Waals surface area contributed by atoms with Crippen LogP contribution in [0, 0.1) is 0 Å². The Balaban J connectivity index is 1.52. The smallest absolute Gasteiger partial charge is 0.378 e. The fourth-order valence-corrected chi connectivity index (χ4v) is 3.75. The number of ether oxygens (including phenoxy) is 1. The molecule has 1 aliphatic heterocycles. The molecule has 0 atom stereocenters. The van der Waals surface area contributed by atoms with E-state index in [9.17, 15) is 13.2 Å². The number of halogens is 3. The molecule has 10 heteroatoms. The Morgan fingerprint density at radius 2 is 1.79 bits per heavy atom. The summed E-state index contributed by atoms with van der Waals surface area (Å²) in [6.07, 6.45) is -4.03. The third-order valence-electron chi connectivity index (χ3n) is 4.34. The van der Waals surface area contributed by atoms with E-state index in [1.165, 1.54) is 0 Å². The van der Waals surface area contributed by atoms with Crippen molar-refractivity contribution in [3.63, 3.8) is 0 Å². The van der Waals surface area contributed by atoms with Crippen molar-refractivity contribution < 1.29 is 17.9 Å². The molecule has 4 rings (SSSR count). The Kier molecular flexibility index (Phi) is 5.31. The summed E-state index contributed by atoms with van der Waals surface area (Å²) >= 11 is 1.01. The molecule has 1 saturated heterocycles. The molecule has 3 aromatic rings. The number of nitrogens with zero attached hydrogens (tertiary/aromatic N) is 4. The summed E-state index contributed by atoms with van der Waals surface area (Å²) in [7, 11) is 0. The van der Waals surface area contributed by atoms with Crippen LogP contribution < -0.4 is 10.2 Å². The minimum atomic E-state index is -4.41. The first-order valence-corrected chi connectivity index (χ1v) is 9.73. The number of aromatic nitrogens is 3. The molecule has 0 radical (unpaired) electrons. The van der Waals surface area contributed by atoms with E-state index >= 15 is 0 Å². The van der Waals surface area contributed by atoms with Gasteiger partial charge in [-0.15, -0.1) is 11.3 Å². The molecule has 0 spiro atoms. The second-order valence-corrected chi connectivity index (χ2v) is 7.23. The Morgan fingerprint density at radius 1 is 1.07 bits per heavy atom. The lowest BCUT2D eigenvalue weighted by molar-refractivity contribution is -0.140. The first kappa shape index (κ1) is 18.9. The van der Waals surface area contributed by atoms with Gasteiger partial charge in [-0.05, 0) is 12.1 Å². The van der Waals surface area contributed by atoms with Crippen LogP contribution in [0.1, 0.15) is 10.7 Å². The fraction of sp³-hybridized carbons (Fsp3) is 0.389. The molecule has 148 valence electrons. The van der Waals surface area contributed by atoms with Crippen LogP contribution in [-0.4, -0.2) is 47.8 Å².